The molecule has 0 aliphatic carbocycles. The van der Waals surface area contributed by atoms with Crippen LogP contribution < -0.4 is 5.73 Å². The molecule has 0 aromatic heterocycles. The number of allylic oxidation sites excluding steroid dienone is 2. The number of hydrogen-bond acceptors (Lipinski definition) is 3. The van der Waals surface area contributed by atoms with Gasteiger partial charge in [-0.15, -0.1) is 11.5 Å². The highest BCUT2D eigenvalue weighted by Gasteiger charge is 2.08. The zero-order chi connectivity index (χ0) is 11.4. The highest BCUT2D eigenvalue weighted by molar-refractivity contribution is 5.77. The predicted octanol–water partition coefficient (Wildman–Crippen LogP) is 3.43. The van der Waals surface area contributed by atoms with Crippen LogP contribution in [-0.2, 0) is 6.42 Å². The minimum absolute atomic E-state index is 0.374. The summed E-state index contributed by atoms with van der Waals surface area (Å²) in [6, 6.07) is 3.33. The molecule has 0 aliphatic rings. The number of nitroso groups, excluding NO2 is 1. The van der Waals surface area contributed by atoms with Crippen molar-refractivity contribution < 1.29 is 0 Å². The van der Waals surface area contributed by atoms with Crippen LogP contribution in [-0.4, -0.2) is 0 Å². The fourth-order valence-corrected chi connectivity index (χ4v) is 1.43. The molecule has 0 heterocycles. The fourth-order valence-electron chi connectivity index (χ4n) is 1.43. The summed E-state index contributed by atoms with van der Waals surface area (Å²) in [5.41, 5.74) is 9.43. The lowest BCUT2D eigenvalue weighted by Crippen LogP contribution is -1.97. The van der Waals surface area contributed by atoms with Gasteiger partial charge in [-0.05, 0) is 41.8 Å². The summed E-state index contributed by atoms with van der Waals surface area (Å²) >= 11 is 0. The van der Waals surface area contributed by atoms with Crippen molar-refractivity contribution in [2.75, 3.05) is 5.73 Å². The third-order valence-electron chi connectivity index (χ3n) is 2.18. The van der Waals surface area contributed by atoms with Gasteiger partial charge < -0.3 is 5.73 Å². The van der Waals surface area contributed by atoms with Gasteiger partial charge in [0.1, 0.15) is 5.69 Å². The van der Waals surface area contributed by atoms with Gasteiger partial charge in [-0.25, -0.2) is 0 Å². The van der Waals surface area contributed by atoms with Gasteiger partial charge in [0.25, 0.3) is 0 Å². The van der Waals surface area contributed by atoms with Gasteiger partial charge in [0.15, 0.2) is 0 Å². The molecule has 1 aromatic rings. The average molecular weight is 202 g/mol. The van der Waals surface area contributed by atoms with Crippen LogP contribution in [0.1, 0.15) is 18.1 Å². The Morgan fingerprint density at radius 1 is 1.60 bits per heavy atom. The van der Waals surface area contributed by atoms with Gasteiger partial charge in [0.2, 0.25) is 0 Å². The van der Waals surface area contributed by atoms with Gasteiger partial charge in [0.05, 0.1) is 0 Å². The molecule has 0 saturated carbocycles. The number of nitrogen functional groups attached to an aromatic ring is 1. The highest BCUT2D eigenvalue weighted by atomic mass is 16.3. The number of nitrogens with zero attached hydrogens (tertiary/aromatic N) is 1. The molecule has 0 spiro atoms. The molecule has 0 bridgehead atoms. The van der Waals surface area contributed by atoms with Gasteiger partial charge in [-0.1, -0.05) is 12.7 Å². The minimum atomic E-state index is 0.374. The van der Waals surface area contributed by atoms with E-state index in [2.05, 4.69) is 18.3 Å². The van der Waals surface area contributed by atoms with Crippen LogP contribution in [0.2, 0.25) is 0 Å². The Bertz CT molecular complexity index is 422. The zero-order valence-corrected chi connectivity index (χ0v) is 8.79. The predicted molar refractivity (Wildman–Crippen MR) is 64.9 cm³/mol. The lowest BCUT2D eigenvalue weighted by Gasteiger charge is -2.10. The fraction of sp³-hybridized carbons (Fsp3) is 0.167. The van der Waals surface area contributed by atoms with Crippen molar-refractivity contribution in [3.8, 4) is 0 Å². The van der Waals surface area contributed by atoms with Crippen molar-refractivity contribution in [1.82, 2.24) is 0 Å². The van der Waals surface area contributed by atoms with Gasteiger partial charge in [-0.2, -0.15) is 0 Å². The third kappa shape index (κ3) is 2.31. The second-order valence-electron chi connectivity index (χ2n) is 3.43. The van der Waals surface area contributed by atoms with E-state index in [-0.39, 0.29) is 0 Å². The summed E-state index contributed by atoms with van der Waals surface area (Å²) < 4.78 is 0. The Morgan fingerprint density at radius 2 is 2.27 bits per heavy atom. The van der Waals surface area contributed by atoms with Gasteiger partial charge in [-0.3, -0.25) is 0 Å². The molecule has 1 aromatic carbocycles. The van der Waals surface area contributed by atoms with E-state index in [1.165, 1.54) is 0 Å². The minimum Gasteiger partial charge on any atom is -0.398 e. The van der Waals surface area contributed by atoms with Crippen molar-refractivity contribution >= 4 is 16.9 Å². The Morgan fingerprint density at radius 3 is 2.73 bits per heavy atom. The average Bonchev–Trinajstić information content (AvgIpc) is 2.21. The van der Waals surface area contributed by atoms with Crippen LogP contribution >= 0.6 is 0 Å². The SMILES string of the molecule is C=CCc1cc(N=O)cc(C(=C)C)c1N. The number of hydrogen-bond donors (Lipinski definition) is 1. The van der Waals surface area contributed by atoms with Crippen LogP contribution in [0.15, 0.2) is 36.5 Å². The summed E-state index contributed by atoms with van der Waals surface area (Å²) in [4.78, 5) is 10.5. The third-order valence-corrected chi connectivity index (χ3v) is 2.18. The van der Waals surface area contributed by atoms with E-state index in [0.29, 0.717) is 17.8 Å². The standard InChI is InChI=1S/C12H14N2O/c1-4-5-9-6-10(14-15)7-11(8(2)3)12(9)13/h4,6-7H,1-2,5,13H2,3H3. The van der Waals surface area contributed by atoms with E-state index in [9.17, 15) is 4.91 Å². The summed E-state index contributed by atoms with van der Waals surface area (Å²) in [6.45, 7) is 9.30. The van der Waals surface area contributed by atoms with Crippen LogP contribution in [0.25, 0.3) is 5.57 Å². The van der Waals surface area contributed by atoms with Crippen molar-refractivity contribution in [1.29, 1.82) is 0 Å². The Hall–Kier alpha value is -1.90. The molecular formula is C12H14N2O. The topological polar surface area (TPSA) is 55.5 Å². The maximum absolute atomic E-state index is 10.5. The Kier molecular flexibility index (Phi) is 3.39. The molecular weight excluding hydrogens is 188 g/mol. The summed E-state index contributed by atoms with van der Waals surface area (Å²) in [5.74, 6) is 0. The second kappa shape index (κ2) is 4.55. The van der Waals surface area contributed by atoms with E-state index in [0.717, 1.165) is 16.7 Å². The highest BCUT2D eigenvalue weighted by Crippen LogP contribution is 2.29. The number of benzene rings is 1. The van der Waals surface area contributed by atoms with Crippen molar-refractivity contribution in [2.45, 2.75) is 13.3 Å². The number of nitrogens with two attached hydrogens (primary N) is 1. The summed E-state index contributed by atoms with van der Waals surface area (Å²) in [7, 11) is 0. The first-order valence-electron chi connectivity index (χ1n) is 4.62. The molecule has 2 N–H and O–H groups in total. The number of anilines is 1. The van der Waals surface area contributed by atoms with Crippen molar-refractivity contribution in [3.63, 3.8) is 0 Å². The van der Waals surface area contributed by atoms with Crippen LogP contribution in [0.4, 0.5) is 11.4 Å². The molecule has 3 nitrogen and oxygen atoms in total. The molecule has 0 saturated heterocycles. The smallest absolute Gasteiger partial charge is 0.109 e. The Balaban J connectivity index is 3.38. The molecule has 0 atom stereocenters. The molecule has 0 fully saturated rings. The molecule has 78 valence electrons. The zero-order valence-electron chi connectivity index (χ0n) is 8.79. The molecule has 3 heteroatoms. The molecule has 0 aliphatic heterocycles. The van der Waals surface area contributed by atoms with Crippen LogP contribution in [0.5, 0.6) is 0 Å². The largest absolute Gasteiger partial charge is 0.398 e. The Labute approximate surface area is 89.3 Å². The van der Waals surface area contributed by atoms with Gasteiger partial charge in [0, 0.05) is 11.3 Å². The lowest BCUT2D eigenvalue weighted by molar-refractivity contribution is 1.26. The molecule has 1 rings (SSSR count). The van der Waals surface area contributed by atoms with Gasteiger partial charge >= 0.3 is 0 Å². The van der Waals surface area contributed by atoms with E-state index >= 15 is 0 Å². The molecule has 0 unspecified atom stereocenters. The van der Waals surface area contributed by atoms with Crippen LogP contribution in [0, 0.1) is 4.91 Å². The van der Waals surface area contributed by atoms with E-state index in [4.69, 9.17) is 5.73 Å². The van der Waals surface area contributed by atoms with Crippen molar-refractivity contribution in [2.24, 2.45) is 5.18 Å². The van der Waals surface area contributed by atoms with E-state index < -0.39 is 0 Å². The molecule has 0 amide bonds. The molecule has 0 radical (unpaired) electrons. The first-order valence-corrected chi connectivity index (χ1v) is 4.62. The normalized spacial score (nSPS) is 9.67. The first kappa shape index (κ1) is 11.2. The maximum Gasteiger partial charge on any atom is 0.109 e. The lowest BCUT2D eigenvalue weighted by atomic mass is 9.99. The second-order valence-corrected chi connectivity index (χ2v) is 3.43. The monoisotopic (exact) mass is 202 g/mol. The van der Waals surface area contributed by atoms with E-state index in [1.807, 2.05) is 6.92 Å². The van der Waals surface area contributed by atoms with E-state index in [1.54, 1.807) is 18.2 Å². The quantitative estimate of drug-likeness (QED) is 0.462. The number of rotatable bonds is 4. The van der Waals surface area contributed by atoms with Crippen LogP contribution in [0.3, 0.4) is 0 Å². The van der Waals surface area contributed by atoms with Crippen molar-refractivity contribution in [3.05, 3.63) is 47.4 Å². The maximum atomic E-state index is 10.5. The first-order chi connectivity index (χ1) is 7.10. The summed E-state index contributed by atoms with van der Waals surface area (Å²) in [5, 5.41) is 2.92. The molecule has 15 heavy (non-hydrogen) atoms. The summed E-state index contributed by atoms with van der Waals surface area (Å²) in [6.07, 6.45) is 2.36.